The smallest absolute Gasteiger partial charge is 0.274 e. The van der Waals surface area contributed by atoms with Gasteiger partial charge >= 0.3 is 0 Å². The summed E-state index contributed by atoms with van der Waals surface area (Å²) >= 11 is 0. The molecular weight excluding hydrogens is 356 g/mol. The molecule has 0 heterocycles. The second kappa shape index (κ2) is 8.40. The van der Waals surface area contributed by atoms with Crippen molar-refractivity contribution in [1.82, 2.24) is 0 Å². The Morgan fingerprint density at radius 2 is 1.69 bits per heavy atom. The van der Waals surface area contributed by atoms with Crippen molar-refractivity contribution in [2.24, 2.45) is 0 Å². The fourth-order valence-corrected chi connectivity index (χ4v) is 4.45. The van der Waals surface area contributed by atoms with E-state index < -0.39 is 23.5 Å². The molecule has 0 amide bonds. The van der Waals surface area contributed by atoms with E-state index in [0.717, 1.165) is 17.6 Å². The number of hydrogen-bond donors (Lipinski definition) is 0. The minimum Gasteiger partial charge on any atom is -0.542 e. The first-order chi connectivity index (χ1) is 11.7. The molecule has 5 heteroatoms. The Kier molecular flexibility index (Phi) is 7.47. The van der Waals surface area contributed by atoms with Gasteiger partial charge in [0.15, 0.2) is 8.32 Å². The highest BCUT2D eigenvalue weighted by Gasteiger charge is 2.39. The van der Waals surface area contributed by atoms with Gasteiger partial charge in [0.1, 0.15) is 18.1 Å². The minimum absolute atomic E-state index is 0.0143. The van der Waals surface area contributed by atoms with Crippen LogP contribution in [0.25, 0.3) is 0 Å². The second-order valence-corrected chi connectivity index (χ2v) is 16.6. The molecule has 0 N–H and O–H groups in total. The number of carbonyl (C=O) groups is 1. The molecule has 0 fully saturated rings. The lowest BCUT2D eigenvalue weighted by Gasteiger charge is -2.38. The van der Waals surface area contributed by atoms with Crippen LogP contribution in [-0.2, 0) is 21.1 Å². The van der Waals surface area contributed by atoms with Crippen molar-refractivity contribution in [2.45, 2.75) is 90.7 Å². The maximum Gasteiger partial charge on any atom is 0.274 e. The highest BCUT2D eigenvalue weighted by atomic mass is 28.4. The van der Waals surface area contributed by atoms with Crippen LogP contribution in [0, 0.1) is 0 Å². The largest absolute Gasteiger partial charge is 0.542 e. The van der Waals surface area contributed by atoms with Crippen LogP contribution in [0.15, 0.2) is 18.2 Å². The normalized spacial score (nSPS) is 14.4. The fourth-order valence-electron chi connectivity index (χ4n) is 2.55. The second-order valence-electron chi connectivity index (χ2n) is 9.81. The van der Waals surface area contributed by atoms with Crippen LogP contribution in [0.3, 0.4) is 0 Å². The van der Waals surface area contributed by atoms with Gasteiger partial charge in [-0.1, -0.05) is 59.7 Å². The molecule has 147 valence electrons. The lowest BCUT2D eigenvalue weighted by Crippen LogP contribution is -2.45. The summed E-state index contributed by atoms with van der Waals surface area (Å²) in [5.74, 6) is 0.949. The molecule has 26 heavy (non-hydrogen) atoms. The van der Waals surface area contributed by atoms with E-state index >= 15 is 0 Å². The number of para-hydroxylation sites is 1. The molecule has 0 saturated carbocycles. The molecular formula is C21H37O3Si2. The van der Waals surface area contributed by atoms with Crippen molar-refractivity contribution >= 4 is 23.6 Å². The third kappa shape index (κ3) is 6.06. The van der Waals surface area contributed by atoms with E-state index in [0.29, 0.717) is 6.42 Å². The van der Waals surface area contributed by atoms with E-state index in [1.165, 1.54) is 5.56 Å². The number of carbonyl (C=O) groups excluding carboxylic acids is 1. The number of hydrogen-bond acceptors (Lipinski definition) is 3. The minimum atomic E-state index is -2.01. The van der Waals surface area contributed by atoms with Gasteiger partial charge in [-0.3, -0.25) is 0 Å². The number of benzene rings is 1. The van der Waals surface area contributed by atoms with Crippen molar-refractivity contribution in [2.75, 3.05) is 0 Å². The predicted molar refractivity (Wildman–Crippen MR) is 115 cm³/mol. The van der Waals surface area contributed by atoms with E-state index in [-0.39, 0.29) is 10.5 Å². The van der Waals surface area contributed by atoms with E-state index in [1.807, 2.05) is 0 Å². The van der Waals surface area contributed by atoms with Gasteiger partial charge in [0.25, 0.3) is 9.04 Å². The van der Waals surface area contributed by atoms with Gasteiger partial charge in [0.05, 0.1) is 0 Å². The molecule has 0 aliphatic rings. The molecule has 1 aromatic rings. The molecule has 3 nitrogen and oxygen atoms in total. The summed E-state index contributed by atoms with van der Waals surface area (Å²) in [7, 11) is -2.92. The maximum atomic E-state index is 11.8. The molecule has 1 rings (SSSR count). The third-order valence-corrected chi connectivity index (χ3v) is 10.2. The van der Waals surface area contributed by atoms with Crippen LogP contribution in [0.2, 0.25) is 31.2 Å². The lowest BCUT2D eigenvalue weighted by atomic mass is 9.84. The zero-order valence-electron chi connectivity index (χ0n) is 18.3. The summed E-state index contributed by atoms with van der Waals surface area (Å²) in [6.45, 7) is 21.8. The highest BCUT2D eigenvalue weighted by Crippen LogP contribution is 2.39. The van der Waals surface area contributed by atoms with E-state index in [1.54, 1.807) is 0 Å². The summed E-state index contributed by atoms with van der Waals surface area (Å²) in [6, 6.07) is 6.27. The summed E-state index contributed by atoms with van der Waals surface area (Å²) in [5.41, 5.74) is 2.25. The number of aldehydes is 1. The Bertz CT molecular complexity index is 611. The summed E-state index contributed by atoms with van der Waals surface area (Å²) in [6.07, 6.45) is 1.08. The van der Waals surface area contributed by atoms with Crippen LogP contribution in [0.4, 0.5) is 0 Å². The van der Waals surface area contributed by atoms with Gasteiger partial charge in [-0.05, 0) is 47.8 Å². The zero-order valence-corrected chi connectivity index (χ0v) is 20.3. The number of rotatable bonds is 7. The quantitative estimate of drug-likeness (QED) is 0.437. The zero-order chi connectivity index (χ0) is 20.3. The van der Waals surface area contributed by atoms with Crippen molar-refractivity contribution < 1.29 is 13.6 Å². The maximum absolute atomic E-state index is 11.8. The molecule has 1 unspecified atom stereocenters. The Morgan fingerprint density at radius 3 is 2.12 bits per heavy atom. The van der Waals surface area contributed by atoms with Crippen molar-refractivity contribution in [3.8, 4) is 5.75 Å². The van der Waals surface area contributed by atoms with Crippen LogP contribution < -0.4 is 4.43 Å². The predicted octanol–water partition coefficient (Wildman–Crippen LogP) is 5.75. The summed E-state index contributed by atoms with van der Waals surface area (Å²) < 4.78 is 12.7. The Hall–Kier alpha value is -0.916. The molecule has 0 aliphatic heterocycles. The average molecular weight is 394 g/mol. The third-order valence-electron chi connectivity index (χ3n) is 5.04. The lowest BCUT2D eigenvalue weighted by molar-refractivity contribution is -0.114. The summed E-state index contributed by atoms with van der Waals surface area (Å²) in [4.78, 5) is 11.8. The van der Waals surface area contributed by atoms with Crippen molar-refractivity contribution in [3.63, 3.8) is 0 Å². The van der Waals surface area contributed by atoms with Gasteiger partial charge in [-0.25, -0.2) is 0 Å². The van der Waals surface area contributed by atoms with Gasteiger partial charge in [0, 0.05) is 6.42 Å². The summed E-state index contributed by atoms with van der Waals surface area (Å²) in [5, 5.41) is 0.0733. The molecule has 1 radical (unpaired) electrons. The van der Waals surface area contributed by atoms with Gasteiger partial charge < -0.3 is 13.6 Å². The molecule has 0 bridgehead atoms. The van der Waals surface area contributed by atoms with E-state index in [2.05, 4.69) is 85.9 Å². The standard InChI is InChI=1S/C21H37O3Si2/c1-20(2,3)18-13-11-12-16(19(18)23-25(7)8)14-17(15-22)24-26(9,10)21(4,5)6/h11-13,15,17H,14H2,1-10H3. The molecule has 0 aliphatic carbocycles. The van der Waals surface area contributed by atoms with Crippen LogP contribution in [-0.4, -0.2) is 29.7 Å². The van der Waals surface area contributed by atoms with Crippen LogP contribution in [0.5, 0.6) is 5.75 Å². The fraction of sp³-hybridized carbons (Fsp3) is 0.667. The molecule has 0 spiro atoms. The molecule has 1 atom stereocenters. The van der Waals surface area contributed by atoms with Crippen molar-refractivity contribution in [3.05, 3.63) is 29.3 Å². The molecule has 1 aromatic carbocycles. The first-order valence-electron chi connectivity index (χ1n) is 9.42. The Balaban J connectivity index is 3.23. The van der Waals surface area contributed by atoms with Crippen molar-refractivity contribution in [1.29, 1.82) is 0 Å². The van der Waals surface area contributed by atoms with E-state index in [9.17, 15) is 4.79 Å². The van der Waals surface area contributed by atoms with Crippen LogP contribution in [0.1, 0.15) is 52.7 Å². The molecule has 0 aromatic heterocycles. The highest BCUT2D eigenvalue weighted by molar-refractivity contribution is 6.74. The van der Waals surface area contributed by atoms with Gasteiger partial charge in [-0.2, -0.15) is 0 Å². The van der Waals surface area contributed by atoms with Crippen LogP contribution >= 0.6 is 0 Å². The first kappa shape index (κ1) is 23.1. The topological polar surface area (TPSA) is 35.5 Å². The van der Waals surface area contributed by atoms with Gasteiger partial charge in [0.2, 0.25) is 0 Å². The first-order valence-corrected chi connectivity index (χ1v) is 14.7. The van der Waals surface area contributed by atoms with Gasteiger partial charge in [-0.15, -0.1) is 0 Å². The SMILES string of the molecule is C[Si](C)Oc1c(CC(C=O)O[Si](C)(C)C(C)(C)C)cccc1C(C)(C)C. The Labute approximate surface area is 163 Å². The molecule has 0 saturated heterocycles. The van der Waals surface area contributed by atoms with E-state index in [4.69, 9.17) is 8.85 Å². The Morgan fingerprint density at radius 1 is 1.12 bits per heavy atom. The monoisotopic (exact) mass is 393 g/mol. The average Bonchev–Trinajstić information content (AvgIpc) is 2.45.